The molecule has 1 nitrogen and oxygen atoms in total. The normalized spacial score (nSPS) is 32.0. The van der Waals surface area contributed by atoms with E-state index in [9.17, 15) is 0 Å². The Balaban J connectivity index is 2.37. The van der Waals surface area contributed by atoms with E-state index in [-0.39, 0.29) is 0 Å². The zero-order valence-electron chi connectivity index (χ0n) is 5.86. The molecule has 1 N–H and O–H groups in total. The molecule has 0 aromatic rings. The van der Waals surface area contributed by atoms with Gasteiger partial charge in [-0.15, -0.1) is 0 Å². The first-order chi connectivity index (χ1) is 3.75. The lowest BCUT2D eigenvalue weighted by atomic mass is 10.5. The van der Waals surface area contributed by atoms with E-state index in [4.69, 9.17) is 0 Å². The highest BCUT2D eigenvalue weighted by atomic mass is 15.1. The molecule has 1 aliphatic rings. The lowest BCUT2D eigenvalue weighted by Crippen LogP contribution is -3.07. The van der Waals surface area contributed by atoms with Gasteiger partial charge in [-0.2, -0.15) is 0 Å². The molecule has 0 amide bonds. The second kappa shape index (κ2) is 1.90. The second-order valence-electron chi connectivity index (χ2n) is 2.70. The fraction of sp³-hybridized carbons (Fsp3) is 0.714. The van der Waals surface area contributed by atoms with Gasteiger partial charge in [-0.3, -0.25) is 0 Å². The van der Waals surface area contributed by atoms with Crippen molar-refractivity contribution in [2.24, 2.45) is 0 Å². The Morgan fingerprint density at radius 3 is 2.38 bits per heavy atom. The third-order valence-electron chi connectivity index (χ3n) is 1.79. The molecule has 1 rings (SSSR count). The predicted octanol–water partition coefficient (Wildman–Crippen LogP) is -0.151. The van der Waals surface area contributed by atoms with Crippen LogP contribution in [0, 0.1) is 0 Å². The van der Waals surface area contributed by atoms with E-state index in [2.05, 4.69) is 27.1 Å². The molecule has 46 valence electrons. The van der Waals surface area contributed by atoms with E-state index in [0.29, 0.717) is 0 Å². The zero-order valence-corrected chi connectivity index (χ0v) is 5.86. The average molecular weight is 112 g/mol. The molecule has 0 aromatic carbocycles. The van der Waals surface area contributed by atoms with Gasteiger partial charge in [0.15, 0.2) is 0 Å². The zero-order chi connectivity index (χ0) is 6.15. The Bertz CT molecular complexity index is 114. The van der Waals surface area contributed by atoms with Crippen molar-refractivity contribution in [2.45, 2.75) is 19.4 Å². The van der Waals surface area contributed by atoms with E-state index < -0.39 is 0 Å². The Morgan fingerprint density at radius 1 is 1.62 bits per heavy atom. The molecule has 8 heavy (non-hydrogen) atoms. The summed E-state index contributed by atoms with van der Waals surface area (Å²) in [5.41, 5.74) is 1.63. The summed E-state index contributed by atoms with van der Waals surface area (Å²) in [5, 5.41) is 0. The number of likely N-dealkylation sites (N-methyl/N-ethyl adjacent to an activating group) is 1. The fourth-order valence-corrected chi connectivity index (χ4v) is 1.07. The number of hydrogen-bond acceptors (Lipinski definition) is 0. The standard InChI is InChI=1S/C7H13N/c1-4-6-5-7(6)8(2)3/h4,7H,5H2,1-3H3/p+1. The molecule has 1 saturated carbocycles. The van der Waals surface area contributed by atoms with Crippen molar-refractivity contribution < 1.29 is 4.90 Å². The summed E-state index contributed by atoms with van der Waals surface area (Å²) in [4.78, 5) is 1.57. The summed E-state index contributed by atoms with van der Waals surface area (Å²) in [6, 6.07) is 0.861. The molecule has 0 saturated heterocycles. The SMILES string of the molecule is CC=C1CC1[NH+](C)C. The Hall–Kier alpha value is -0.300. The summed E-state index contributed by atoms with van der Waals surface area (Å²) in [6.45, 7) is 2.12. The minimum absolute atomic E-state index is 0.861. The maximum atomic E-state index is 2.23. The van der Waals surface area contributed by atoms with Crippen molar-refractivity contribution >= 4 is 0 Å². The monoisotopic (exact) mass is 112 g/mol. The number of quaternary nitrogens is 1. The minimum Gasteiger partial charge on any atom is -0.334 e. The van der Waals surface area contributed by atoms with Gasteiger partial charge in [0.1, 0.15) is 6.04 Å². The fourth-order valence-electron chi connectivity index (χ4n) is 1.07. The average Bonchev–Trinajstić information content (AvgIpc) is 2.42. The van der Waals surface area contributed by atoms with Gasteiger partial charge in [0.25, 0.3) is 0 Å². The first-order valence-electron chi connectivity index (χ1n) is 3.21. The van der Waals surface area contributed by atoms with Gasteiger partial charge in [0.05, 0.1) is 14.1 Å². The van der Waals surface area contributed by atoms with Crippen molar-refractivity contribution in [1.82, 2.24) is 0 Å². The van der Waals surface area contributed by atoms with Crippen molar-refractivity contribution in [3.8, 4) is 0 Å². The largest absolute Gasteiger partial charge is 0.334 e. The molecule has 0 spiro atoms. The minimum atomic E-state index is 0.861. The maximum Gasteiger partial charge on any atom is 0.113 e. The summed E-state index contributed by atoms with van der Waals surface area (Å²) < 4.78 is 0. The van der Waals surface area contributed by atoms with E-state index in [1.54, 1.807) is 10.5 Å². The van der Waals surface area contributed by atoms with Gasteiger partial charge in [0, 0.05) is 6.42 Å². The molecule has 0 aliphatic heterocycles. The van der Waals surface area contributed by atoms with Crippen molar-refractivity contribution in [2.75, 3.05) is 14.1 Å². The Kier molecular flexibility index (Phi) is 1.39. The molecule has 1 aliphatic carbocycles. The van der Waals surface area contributed by atoms with Gasteiger partial charge in [-0.25, -0.2) is 0 Å². The van der Waals surface area contributed by atoms with Crippen molar-refractivity contribution in [3.05, 3.63) is 11.6 Å². The highest BCUT2D eigenvalue weighted by Gasteiger charge is 2.34. The van der Waals surface area contributed by atoms with Crippen LogP contribution >= 0.6 is 0 Å². The number of rotatable bonds is 1. The molecular weight excluding hydrogens is 98.1 g/mol. The summed E-state index contributed by atoms with van der Waals surface area (Å²) >= 11 is 0. The van der Waals surface area contributed by atoms with E-state index in [1.165, 1.54) is 6.42 Å². The number of allylic oxidation sites excluding steroid dienone is 1. The molecule has 0 radical (unpaired) electrons. The molecule has 1 unspecified atom stereocenters. The van der Waals surface area contributed by atoms with Crippen LogP contribution in [0.5, 0.6) is 0 Å². The van der Waals surface area contributed by atoms with Crippen LogP contribution in [0.25, 0.3) is 0 Å². The van der Waals surface area contributed by atoms with Crippen LogP contribution in [0.4, 0.5) is 0 Å². The maximum absolute atomic E-state index is 2.23. The van der Waals surface area contributed by atoms with Crippen LogP contribution in [0.2, 0.25) is 0 Å². The third-order valence-corrected chi connectivity index (χ3v) is 1.79. The van der Waals surface area contributed by atoms with E-state index >= 15 is 0 Å². The van der Waals surface area contributed by atoms with Crippen LogP contribution in [0.15, 0.2) is 11.6 Å². The molecule has 1 atom stereocenters. The van der Waals surface area contributed by atoms with Crippen LogP contribution in [0.3, 0.4) is 0 Å². The van der Waals surface area contributed by atoms with Crippen LogP contribution < -0.4 is 4.90 Å². The predicted molar refractivity (Wildman–Crippen MR) is 35.0 cm³/mol. The molecule has 0 bridgehead atoms. The van der Waals surface area contributed by atoms with Gasteiger partial charge in [0.2, 0.25) is 0 Å². The first-order valence-corrected chi connectivity index (χ1v) is 3.21. The van der Waals surface area contributed by atoms with Crippen LogP contribution in [0.1, 0.15) is 13.3 Å². The highest BCUT2D eigenvalue weighted by Crippen LogP contribution is 2.24. The number of hydrogen-bond donors (Lipinski definition) is 1. The van der Waals surface area contributed by atoms with E-state index in [0.717, 1.165) is 6.04 Å². The molecule has 0 aromatic heterocycles. The summed E-state index contributed by atoms with van der Waals surface area (Å²) in [6.07, 6.45) is 3.57. The smallest absolute Gasteiger partial charge is 0.113 e. The first kappa shape index (κ1) is 5.83. The third kappa shape index (κ3) is 0.920. The topological polar surface area (TPSA) is 4.44 Å². The molecule has 0 heterocycles. The Morgan fingerprint density at radius 2 is 2.25 bits per heavy atom. The second-order valence-corrected chi connectivity index (χ2v) is 2.70. The van der Waals surface area contributed by atoms with E-state index in [1.807, 2.05) is 0 Å². The lowest BCUT2D eigenvalue weighted by Gasteiger charge is -2.01. The van der Waals surface area contributed by atoms with Crippen LogP contribution in [-0.2, 0) is 0 Å². The van der Waals surface area contributed by atoms with Gasteiger partial charge in [-0.1, -0.05) is 6.08 Å². The van der Waals surface area contributed by atoms with Crippen molar-refractivity contribution in [3.63, 3.8) is 0 Å². The van der Waals surface area contributed by atoms with Gasteiger partial charge < -0.3 is 4.90 Å². The van der Waals surface area contributed by atoms with Gasteiger partial charge >= 0.3 is 0 Å². The molecule has 1 heteroatoms. The number of nitrogens with one attached hydrogen (secondary N) is 1. The Labute approximate surface area is 51.0 Å². The molecular formula is C7H14N+. The lowest BCUT2D eigenvalue weighted by molar-refractivity contribution is -0.867. The van der Waals surface area contributed by atoms with Crippen molar-refractivity contribution in [1.29, 1.82) is 0 Å². The van der Waals surface area contributed by atoms with Crippen LogP contribution in [-0.4, -0.2) is 20.1 Å². The molecule has 1 fully saturated rings. The summed E-state index contributed by atoms with van der Waals surface area (Å²) in [5.74, 6) is 0. The highest BCUT2D eigenvalue weighted by molar-refractivity contribution is 5.23. The quantitative estimate of drug-likeness (QED) is 0.450. The summed E-state index contributed by atoms with van der Waals surface area (Å²) in [7, 11) is 4.42. The van der Waals surface area contributed by atoms with Gasteiger partial charge in [-0.05, 0) is 12.5 Å².